The molecular weight excluding hydrogens is 749 g/mol. The fourth-order valence-corrected chi connectivity index (χ4v) is 9.97. The minimum atomic E-state index is -1.48. The van der Waals surface area contributed by atoms with Gasteiger partial charge >= 0.3 is 5.97 Å². The van der Waals surface area contributed by atoms with Gasteiger partial charge in [-0.05, 0) is 75.1 Å². The summed E-state index contributed by atoms with van der Waals surface area (Å²) in [6.45, 7) is 10.1. The Morgan fingerprint density at radius 2 is 1.32 bits per heavy atom. The van der Waals surface area contributed by atoms with Crippen LogP contribution in [-0.2, 0) is 43.2 Å². The van der Waals surface area contributed by atoms with Gasteiger partial charge in [-0.2, -0.15) is 5.26 Å². The van der Waals surface area contributed by atoms with Crippen LogP contribution in [0, 0.1) is 23.2 Å². The van der Waals surface area contributed by atoms with Gasteiger partial charge in [-0.1, -0.05) is 54.6 Å². The molecule has 3 aliphatic heterocycles. The van der Waals surface area contributed by atoms with Crippen molar-refractivity contribution >= 4 is 26.3 Å². The van der Waals surface area contributed by atoms with Crippen molar-refractivity contribution in [3.8, 4) is 17.6 Å². The first-order chi connectivity index (χ1) is 27.5. The molecule has 14 heteroatoms. The minimum Gasteiger partial charge on any atom is -0.497 e. The van der Waals surface area contributed by atoms with Crippen LogP contribution < -0.4 is 9.47 Å². The number of methoxy groups -OCH3 is 2. The van der Waals surface area contributed by atoms with E-state index < -0.39 is 56.3 Å². The van der Waals surface area contributed by atoms with E-state index in [4.69, 9.17) is 38.0 Å². The van der Waals surface area contributed by atoms with Gasteiger partial charge < -0.3 is 32.7 Å². The van der Waals surface area contributed by atoms with Gasteiger partial charge in [0, 0.05) is 25.6 Å². The predicted octanol–water partition coefficient (Wildman–Crippen LogP) is 6.38. The van der Waals surface area contributed by atoms with Crippen molar-refractivity contribution in [3.05, 3.63) is 95.6 Å². The first-order valence-corrected chi connectivity index (χ1v) is 20.5. The van der Waals surface area contributed by atoms with E-state index in [0.717, 1.165) is 16.7 Å². The largest absolute Gasteiger partial charge is 0.497 e. The summed E-state index contributed by atoms with van der Waals surface area (Å²) in [7, 11) is 1.72. The SMILES string of the molecule is COc1ccc(C(OC2C(OC(C)=O)C3OC2C2C(=O)N(CCCOP(OCCC#N)N(C(C)C)C(C)C)C(=O)C32)(c2ccccc2)c2ccc(OC)cc2)cc1. The summed E-state index contributed by atoms with van der Waals surface area (Å²) < 4.78 is 45.2. The fourth-order valence-electron chi connectivity index (χ4n) is 8.35. The van der Waals surface area contributed by atoms with Crippen molar-refractivity contribution in [1.29, 1.82) is 5.26 Å². The molecule has 2 amide bonds. The van der Waals surface area contributed by atoms with Crippen LogP contribution in [0.5, 0.6) is 11.5 Å². The lowest BCUT2D eigenvalue weighted by molar-refractivity contribution is -0.169. The third kappa shape index (κ3) is 8.44. The molecule has 0 aromatic heterocycles. The van der Waals surface area contributed by atoms with Gasteiger partial charge in [-0.3, -0.25) is 19.3 Å². The molecule has 3 saturated heterocycles. The number of carbonyl (C=O) groups is 3. The Kier molecular flexibility index (Phi) is 13.7. The van der Waals surface area contributed by atoms with Crippen LogP contribution in [-0.4, -0.2) is 97.8 Å². The third-order valence-electron chi connectivity index (χ3n) is 10.7. The van der Waals surface area contributed by atoms with Crippen LogP contribution in [0.2, 0.25) is 0 Å². The first kappa shape index (κ1) is 42.2. The van der Waals surface area contributed by atoms with E-state index >= 15 is 0 Å². The van der Waals surface area contributed by atoms with E-state index in [1.165, 1.54) is 11.8 Å². The quantitative estimate of drug-likeness (QED) is 0.0436. The van der Waals surface area contributed by atoms with E-state index in [1.54, 1.807) is 14.2 Å². The van der Waals surface area contributed by atoms with Crippen molar-refractivity contribution in [2.45, 2.75) is 89.6 Å². The topological polar surface area (TPSA) is 146 Å². The van der Waals surface area contributed by atoms with Crippen molar-refractivity contribution in [1.82, 2.24) is 9.57 Å². The number of likely N-dealkylation sites (tertiary alicyclic amines) is 1. The summed E-state index contributed by atoms with van der Waals surface area (Å²) in [5.74, 6) is -1.66. The highest BCUT2D eigenvalue weighted by molar-refractivity contribution is 7.44. The Morgan fingerprint density at radius 3 is 1.81 bits per heavy atom. The Labute approximate surface area is 336 Å². The molecule has 7 atom stereocenters. The maximum atomic E-state index is 14.3. The zero-order valence-corrected chi connectivity index (χ0v) is 34.4. The Bertz CT molecular complexity index is 1830. The molecule has 57 heavy (non-hydrogen) atoms. The normalized spacial score (nSPS) is 23.3. The van der Waals surface area contributed by atoms with Gasteiger partial charge in [0.05, 0.1) is 51.8 Å². The highest BCUT2D eigenvalue weighted by Crippen LogP contribution is 2.54. The zero-order valence-electron chi connectivity index (χ0n) is 33.5. The number of rotatable bonds is 19. The van der Waals surface area contributed by atoms with Gasteiger partial charge in [0.15, 0.2) is 6.10 Å². The van der Waals surface area contributed by atoms with Crippen molar-refractivity contribution in [2.75, 3.05) is 34.0 Å². The molecule has 7 unspecified atom stereocenters. The second-order valence-corrected chi connectivity index (χ2v) is 16.3. The molecule has 3 fully saturated rings. The van der Waals surface area contributed by atoms with E-state index in [-0.39, 0.29) is 50.1 Å². The van der Waals surface area contributed by atoms with Crippen LogP contribution in [0.3, 0.4) is 0 Å². The second-order valence-electron chi connectivity index (χ2n) is 14.8. The predicted molar refractivity (Wildman–Crippen MR) is 211 cm³/mol. The average molecular weight is 802 g/mol. The number of imide groups is 1. The van der Waals surface area contributed by atoms with Crippen LogP contribution in [0.4, 0.5) is 0 Å². The maximum Gasteiger partial charge on any atom is 0.303 e. The highest BCUT2D eigenvalue weighted by atomic mass is 31.2. The summed E-state index contributed by atoms with van der Waals surface area (Å²) in [5, 5.41) is 9.06. The van der Waals surface area contributed by atoms with Gasteiger partial charge in [0.25, 0.3) is 8.53 Å². The lowest BCUT2D eigenvalue weighted by Crippen LogP contribution is -2.54. The lowest BCUT2D eigenvalue weighted by atomic mass is 9.76. The van der Waals surface area contributed by atoms with E-state index in [9.17, 15) is 14.4 Å². The molecule has 0 aliphatic carbocycles. The number of fused-ring (bicyclic) bond motifs is 5. The molecule has 3 aromatic carbocycles. The average Bonchev–Trinajstić information content (AvgIpc) is 3.83. The van der Waals surface area contributed by atoms with Gasteiger partial charge in [-0.25, -0.2) is 4.67 Å². The van der Waals surface area contributed by atoms with Crippen LogP contribution in [0.15, 0.2) is 78.9 Å². The number of nitrogens with zero attached hydrogens (tertiary/aromatic N) is 3. The Balaban J connectivity index is 1.30. The first-order valence-electron chi connectivity index (χ1n) is 19.4. The number of hydrogen-bond donors (Lipinski definition) is 0. The van der Waals surface area contributed by atoms with E-state index in [2.05, 4.69) is 38.4 Å². The molecule has 3 aliphatic rings. The molecule has 3 aromatic rings. The minimum absolute atomic E-state index is 0.129. The molecule has 0 radical (unpaired) electrons. The summed E-state index contributed by atoms with van der Waals surface area (Å²) >= 11 is 0. The number of hydrogen-bond acceptors (Lipinski definition) is 12. The van der Waals surface area contributed by atoms with Crippen LogP contribution >= 0.6 is 8.53 Å². The molecule has 304 valence electrons. The van der Waals surface area contributed by atoms with Crippen LogP contribution in [0.25, 0.3) is 0 Å². The molecule has 13 nitrogen and oxygen atoms in total. The Morgan fingerprint density at radius 1 is 0.807 bits per heavy atom. The van der Waals surface area contributed by atoms with E-state index in [0.29, 0.717) is 17.9 Å². The lowest BCUT2D eigenvalue weighted by Gasteiger charge is -2.42. The number of benzene rings is 3. The number of amides is 2. The van der Waals surface area contributed by atoms with E-state index in [1.807, 2.05) is 78.9 Å². The summed E-state index contributed by atoms with van der Waals surface area (Å²) in [6.07, 6.45) is -3.12. The smallest absolute Gasteiger partial charge is 0.303 e. The molecule has 0 saturated carbocycles. The number of ether oxygens (including phenoxy) is 5. The van der Waals surface area contributed by atoms with Crippen molar-refractivity contribution in [3.63, 3.8) is 0 Å². The molecule has 6 rings (SSSR count). The molecule has 0 spiro atoms. The van der Waals surface area contributed by atoms with Gasteiger partial charge in [0.2, 0.25) is 11.8 Å². The highest BCUT2D eigenvalue weighted by Gasteiger charge is 2.71. The van der Waals surface area contributed by atoms with Crippen molar-refractivity contribution < 1.29 is 47.1 Å². The standard InChI is InChI=1S/C43H52N3O10P/c1-27(2)46(28(3)4)57(52-25-11-23-44)53-26-12-24-45-41(48)35-36(42(45)49)38-40(39(37(35)55-38)54-29(5)47)56-43(30-13-9-8-10-14-30,31-15-19-33(50-6)20-16-31)32-17-21-34(51-7)22-18-32/h8-10,13-22,27-28,35-40H,11-12,24-26H2,1-7H3. The molecule has 0 N–H and O–H groups in total. The second kappa shape index (κ2) is 18.5. The van der Waals surface area contributed by atoms with Gasteiger partial charge in [-0.15, -0.1) is 0 Å². The van der Waals surface area contributed by atoms with Crippen molar-refractivity contribution in [2.24, 2.45) is 11.8 Å². The summed E-state index contributed by atoms with van der Waals surface area (Å²) in [4.78, 5) is 42.4. The Hall–Kier alpha value is -4.41. The number of nitriles is 1. The molecule has 3 heterocycles. The molecular formula is C43H52N3O10P. The molecule has 2 bridgehead atoms. The third-order valence-corrected chi connectivity index (χ3v) is 12.8. The number of esters is 1. The monoisotopic (exact) mass is 801 g/mol. The fraction of sp³-hybridized carbons (Fsp3) is 0.488. The summed E-state index contributed by atoms with van der Waals surface area (Å²) in [6, 6.07) is 27.1. The zero-order chi connectivity index (χ0) is 40.9. The summed E-state index contributed by atoms with van der Waals surface area (Å²) in [5.41, 5.74) is 0.978. The van der Waals surface area contributed by atoms with Gasteiger partial charge in [0.1, 0.15) is 35.4 Å². The maximum absolute atomic E-state index is 14.3. The number of carbonyl (C=O) groups excluding carboxylic acids is 3. The van der Waals surface area contributed by atoms with Crippen LogP contribution in [0.1, 0.15) is 64.2 Å².